The maximum absolute atomic E-state index is 12.7. The van der Waals surface area contributed by atoms with Crippen molar-refractivity contribution >= 4 is 30.1 Å². The zero-order valence-electron chi connectivity index (χ0n) is 23.1. The molecule has 42 heavy (non-hydrogen) atoms. The molecule has 2 aromatic rings. The highest BCUT2D eigenvalue weighted by Gasteiger charge is 2.53. The van der Waals surface area contributed by atoms with E-state index < -0.39 is 60.4 Å². The lowest BCUT2D eigenvalue weighted by Crippen LogP contribution is -2.58. The third kappa shape index (κ3) is 7.71. The van der Waals surface area contributed by atoms with Crippen molar-refractivity contribution < 1.29 is 63.6 Å². The zero-order chi connectivity index (χ0) is 31.0. The number of phenols is 3. The molecular formula is C29H32O13. The second-order valence-corrected chi connectivity index (χ2v) is 9.29. The number of carbonyl (C=O) groups excluding carboxylic acids is 3. The van der Waals surface area contributed by atoms with Gasteiger partial charge in [-0.3, -0.25) is 0 Å². The van der Waals surface area contributed by atoms with Gasteiger partial charge in [-0.25, -0.2) is 14.4 Å². The molecule has 226 valence electrons. The van der Waals surface area contributed by atoms with Crippen LogP contribution in [0, 0.1) is 0 Å². The molecule has 2 aromatic carbocycles. The lowest BCUT2D eigenvalue weighted by molar-refractivity contribution is -0.207. The topological polar surface area (TPSA) is 199 Å². The summed E-state index contributed by atoms with van der Waals surface area (Å²) in [5.41, 5.74) is -1.50. The number of hydrogen-bond acceptors (Lipinski definition) is 13. The Bertz CT molecular complexity index is 1340. The summed E-state index contributed by atoms with van der Waals surface area (Å²) in [4.78, 5) is 37.8. The molecule has 0 saturated heterocycles. The fourth-order valence-electron chi connectivity index (χ4n) is 4.28. The second-order valence-electron chi connectivity index (χ2n) is 9.29. The number of benzene rings is 2. The highest BCUT2D eigenvalue weighted by Crippen LogP contribution is 2.38. The van der Waals surface area contributed by atoms with Crippen LogP contribution in [-0.2, 0) is 28.6 Å². The maximum atomic E-state index is 12.7. The molecule has 13 heteroatoms. The van der Waals surface area contributed by atoms with E-state index in [0.29, 0.717) is 11.1 Å². The summed E-state index contributed by atoms with van der Waals surface area (Å²) >= 11 is 0. The number of carbonyl (C=O) groups is 3. The molecule has 0 aliphatic heterocycles. The molecule has 5 N–H and O–H groups in total. The van der Waals surface area contributed by atoms with Gasteiger partial charge in [-0.2, -0.15) is 0 Å². The smallest absolute Gasteiger partial charge is 0.338 e. The number of ether oxygens (including phenoxy) is 5. The Balaban J connectivity index is 1.81. The van der Waals surface area contributed by atoms with Gasteiger partial charge in [-0.05, 0) is 54.5 Å². The monoisotopic (exact) mass is 588 g/mol. The van der Waals surface area contributed by atoms with E-state index in [1.165, 1.54) is 63.6 Å². The van der Waals surface area contributed by atoms with Crippen molar-refractivity contribution in [1.29, 1.82) is 0 Å². The minimum atomic E-state index is -2.23. The van der Waals surface area contributed by atoms with Crippen LogP contribution < -0.4 is 9.47 Å². The van der Waals surface area contributed by atoms with Crippen LogP contribution >= 0.6 is 0 Å². The molecule has 1 saturated carbocycles. The fourth-order valence-corrected chi connectivity index (χ4v) is 4.28. The van der Waals surface area contributed by atoms with Gasteiger partial charge in [0.25, 0.3) is 0 Å². The lowest BCUT2D eigenvalue weighted by Gasteiger charge is -2.41. The molecule has 1 aliphatic rings. The van der Waals surface area contributed by atoms with Gasteiger partial charge in [-0.1, -0.05) is 6.07 Å². The van der Waals surface area contributed by atoms with Crippen LogP contribution in [-0.4, -0.2) is 88.2 Å². The second kappa shape index (κ2) is 13.7. The molecule has 0 bridgehead atoms. The summed E-state index contributed by atoms with van der Waals surface area (Å²) in [5.74, 6) is -3.80. The van der Waals surface area contributed by atoms with Crippen molar-refractivity contribution in [3.05, 3.63) is 53.6 Å². The molecule has 4 atom stereocenters. The van der Waals surface area contributed by atoms with E-state index in [-0.39, 0.29) is 29.6 Å². The molecule has 13 nitrogen and oxygen atoms in total. The Morgan fingerprint density at radius 2 is 1.48 bits per heavy atom. The predicted molar refractivity (Wildman–Crippen MR) is 146 cm³/mol. The van der Waals surface area contributed by atoms with Gasteiger partial charge in [-0.15, -0.1) is 0 Å². The third-order valence-electron chi connectivity index (χ3n) is 6.33. The van der Waals surface area contributed by atoms with Crippen molar-refractivity contribution in [2.75, 3.05) is 20.8 Å². The number of rotatable bonds is 10. The van der Waals surface area contributed by atoms with Gasteiger partial charge in [0, 0.05) is 25.0 Å². The molecule has 0 aromatic heterocycles. The van der Waals surface area contributed by atoms with E-state index in [1.54, 1.807) is 0 Å². The largest absolute Gasteiger partial charge is 0.504 e. The van der Waals surface area contributed by atoms with Crippen LogP contribution in [0.2, 0.25) is 0 Å². The van der Waals surface area contributed by atoms with Crippen LogP contribution in [0.3, 0.4) is 0 Å². The minimum absolute atomic E-state index is 0.0556. The Labute approximate surface area is 240 Å². The van der Waals surface area contributed by atoms with Crippen LogP contribution in [0.15, 0.2) is 42.5 Å². The Hall–Kier alpha value is -4.75. The fraction of sp³-hybridized carbons (Fsp3) is 0.345. The summed E-state index contributed by atoms with van der Waals surface area (Å²) in [6, 6.07) is 6.69. The molecular weight excluding hydrogens is 556 g/mol. The SMILES string of the molecule is CCOC(=O)[C@]1(O)C[C@@H](O)[C@@H](OC(=O)/C=C/c2cc(OC)c(O)c(OC)c2)[C@H](OC(=O)/C=C/c2ccc(O)c(O)c2)C1. The Morgan fingerprint density at radius 1 is 0.881 bits per heavy atom. The number of aliphatic hydroxyl groups excluding tert-OH is 1. The van der Waals surface area contributed by atoms with Gasteiger partial charge in [0.1, 0.15) is 6.10 Å². The first kappa shape index (κ1) is 31.8. The molecule has 1 aliphatic carbocycles. The number of methoxy groups -OCH3 is 2. The first-order valence-corrected chi connectivity index (χ1v) is 12.7. The maximum Gasteiger partial charge on any atom is 0.338 e. The molecule has 0 spiro atoms. The molecule has 3 rings (SSSR count). The zero-order valence-corrected chi connectivity index (χ0v) is 23.1. The summed E-state index contributed by atoms with van der Waals surface area (Å²) in [6.45, 7) is 1.47. The van der Waals surface area contributed by atoms with E-state index in [1.807, 2.05) is 0 Å². The number of aromatic hydroxyl groups is 3. The Morgan fingerprint density at radius 3 is 2.05 bits per heavy atom. The molecule has 0 radical (unpaired) electrons. The number of aliphatic hydroxyl groups is 2. The number of phenolic OH excluding ortho intramolecular Hbond substituents is 3. The average Bonchev–Trinajstić information content (AvgIpc) is 2.95. The van der Waals surface area contributed by atoms with Crippen LogP contribution in [0.5, 0.6) is 28.7 Å². The first-order valence-electron chi connectivity index (χ1n) is 12.7. The van der Waals surface area contributed by atoms with Gasteiger partial charge in [0.15, 0.2) is 34.7 Å². The normalized spacial score (nSPS) is 22.1. The van der Waals surface area contributed by atoms with E-state index in [4.69, 9.17) is 23.7 Å². The predicted octanol–water partition coefficient (Wildman–Crippen LogP) is 1.82. The van der Waals surface area contributed by atoms with Crippen molar-refractivity contribution in [3.8, 4) is 28.7 Å². The standard InChI is InChI=1S/C29H32O13/c1-4-40-28(36)29(37)14-20(32)27(23(15-29)41-24(33)9-6-16-5-8-18(30)19(31)11-16)42-25(34)10-7-17-12-21(38-2)26(35)22(13-17)39-3/h5-13,20,23,27,30-32,35,37H,4,14-15H2,1-3H3/b9-6+,10-7+/t20-,23-,27-,29+/m1/s1. The van der Waals surface area contributed by atoms with Gasteiger partial charge < -0.3 is 49.2 Å². The summed E-state index contributed by atoms with van der Waals surface area (Å²) in [6.07, 6.45) is -1.10. The van der Waals surface area contributed by atoms with Crippen molar-refractivity contribution in [3.63, 3.8) is 0 Å². The molecule has 0 unspecified atom stereocenters. The van der Waals surface area contributed by atoms with E-state index in [2.05, 4.69) is 0 Å². The van der Waals surface area contributed by atoms with Gasteiger partial charge in [0.05, 0.1) is 26.9 Å². The van der Waals surface area contributed by atoms with Crippen molar-refractivity contribution in [1.82, 2.24) is 0 Å². The quantitative estimate of drug-likeness (QED) is 0.117. The molecule has 1 fully saturated rings. The summed E-state index contributed by atoms with van der Waals surface area (Å²) in [5, 5.41) is 50.8. The van der Waals surface area contributed by atoms with Crippen molar-refractivity contribution in [2.24, 2.45) is 0 Å². The van der Waals surface area contributed by atoms with Crippen LogP contribution in [0.1, 0.15) is 30.9 Å². The highest BCUT2D eigenvalue weighted by molar-refractivity contribution is 5.89. The highest BCUT2D eigenvalue weighted by atomic mass is 16.6. The first-order chi connectivity index (χ1) is 19.9. The van der Waals surface area contributed by atoms with Crippen LogP contribution in [0.25, 0.3) is 12.2 Å². The summed E-state index contributed by atoms with van der Waals surface area (Å²) < 4.78 is 25.8. The average molecular weight is 589 g/mol. The number of hydrogen-bond donors (Lipinski definition) is 5. The lowest BCUT2D eigenvalue weighted by atomic mass is 9.79. The van der Waals surface area contributed by atoms with Gasteiger partial charge >= 0.3 is 17.9 Å². The molecule has 0 amide bonds. The van der Waals surface area contributed by atoms with Crippen LogP contribution in [0.4, 0.5) is 0 Å². The third-order valence-corrected chi connectivity index (χ3v) is 6.33. The molecule has 0 heterocycles. The van der Waals surface area contributed by atoms with E-state index in [0.717, 1.165) is 12.2 Å². The van der Waals surface area contributed by atoms with E-state index in [9.17, 15) is 39.9 Å². The van der Waals surface area contributed by atoms with E-state index >= 15 is 0 Å². The van der Waals surface area contributed by atoms with Gasteiger partial charge in [0.2, 0.25) is 5.75 Å². The Kier molecular flexibility index (Phi) is 10.4. The van der Waals surface area contributed by atoms with Crippen molar-refractivity contribution in [2.45, 2.75) is 43.7 Å². The summed E-state index contributed by atoms with van der Waals surface area (Å²) in [7, 11) is 2.67. The number of esters is 3. The minimum Gasteiger partial charge on any atom is -0.504 e.